The number of hydrogen-bond acceptors (Lipinski definition) is 4. The minimum Gasteiger partial charge on any atom is -0.424 e. The fourth-order valence-electron chi connectivity index (χ4n) is 1.94. The molecule has 0 atom stereocenters. The molecule has 0 aliphatic rings. The summed E-state index contributed by atoms with van der Waals surface area (Å²) in [7, 11) is 0. The van der Waals surface area contributed by atoms with Crippen LogP contribution < -0.4 is 10.1 Å². The van der Waals surface area contributed by atoms with Crippen molar-refractivity contribution in [1.82, 2.24) is 15.3 Å². The Morgan fingerprint density at radius 3 is 2.71 bits per heavy atom. The summed E-state index contributed by atoms with van der Waals surface area (Å²) in [5.74, 6) is 0.704. The Morgan fingerprint density at radius 2 is 2.05 bits per heavy atom. The molecule has 0 radical (unpaired) electrons. The van der Waals surface area contributed by atoms with Gasteiger partial charge < -0.3 is 10.1 Å². The van der Waals surface area contributed by atoms with Crippen LogP contribution in [0.5, 0.6) is 11.8 Å². The zero-order valence-electron chi connectivity index (χ0n) is 12.6. The van der Waals surface area contributed by atoms with Crippen LogP contribution in [0.2, 0.25) is 5.02 Å². The van der Waals surface area contributed by atoms with E-state index in [2.05, 4.69) is 29.1 Å². The number of halogens is 1. The molecule has 0 spiro atoms. The highest BCUT2D eigenvalue weighted by Crippen LogP contribution is 2.25. The van der Waals surface area contributed by atoms with E-state index in [9.17, 15) is 0 Å². The number of nitrogens with one attached hydrogen (secondary N) is 1. The number of rotatable bonds is 6. The van der Waals surface area contributed by atoms with E-state index >= 15 is 0 Å². The first-order valence-electron chi connectivity index (χ1n) is 7.13. The smallest absolute Gasteiger partial charge is 0.322 e. The Bertz CT molecular complexity index is 616. The third-order valence-electron chi connectivity index (χ3n) is 3.23. The third-order valence-corrected chi connectivity index (χ3v) is 3.60. The lowest BCUT2D eigenvalue weighted by atomic mass is 10.1. The second-order valence-electron chi connectivity index (χ2n) is 4.75. The average molecular weight is 306 g/mol. The topological polar surface area (TPSA) is 47.0 Å². The molecule has 1 aromatic heterocycles. The molecular formula is C16H20ClN3O. The molecule has 112 valence electrons. The lowest BCUT2D eigenvalue weighted by Crippen LogP contribution is -2.13. The summed E-state index contributed by atoms with van der Waals surface area (Å²) in [6.07, 6.45) is 2.66. The number of ether oxygens (including phenoxy) is 1. The summed E-state index contributed by atoms with van der Waals surface area (Å²) >= 11 is 6.10. The maximum Gasteiger partial charge on any atom is 0.322 e. The summed E-state index contributed by atoms with van der Waals surface area (Å²) in [6, 6.07) is 5.94. The number of aromatic nitrogens is 2. The standard InChI is InChI=1S/C16H20ClN3O/c1-4-12-8-14(6-7-15(12)17)21-16-19-10-13(9-18-5-2)11(3)20-16/h6-8,10,18H,4-5,9H2,1-3H3. The molecular weight excluding hydrogens is 286 g/mol. The van der Waals surface area contributed by atoms with Crippen molar-refractivity contribution >= 4 is 11.6 Å². The van der Waals surface area contributed by atoms with E-state index in [0.717, 1.165) is 41.4 Å². The van der Waals surface area contributed by atoms with Gasteiger partial charge in [0.25, 0.3) is 0 Å². The minimum absolute atomic E-state index is 0.358. The molecule has 5 heteroatoms. The van der Waals surface area contributed by atoms with E-state index in [4.69, 9.17) is 16.3 Å². The summed E-state index contributed by atoms with van der Waals surface area (Å²) < 4.78 is 5.71. The second-order valence-corrected chi connectivity index (χ2v) is 5.16. The maximum atomic E-state index is 6.10. The highest BCUT2D eigenvalue weighted by Gasteiger charge is 2.07. The molecule has 0 saturated carbocycles. The molecule has 0 aliphatic heterocycles. The van der Waals surface area contributed by atoms with Crippen molar-refractivity contribution in [2.24, 2.45) is 0 Å². The quantitative estimate of drug-likeness (QED) is 0.879. The molecule has 0 bridgehead atoms. The first-order chi connectivity index (χ1) is 10.1. The van der Waals surface area contributed by atoms with Crippen molar-refractivity contribution < 1.29 is 4.74 Å². The van der Waals surface area contributed by atoms with Gasteiger partial charge >= 0.3 is 6.01 Å². The number of aryl methyl sites for hydroxylation is 2. The highest BCUT2D eigenvalue weighted by atomic mass is 35.5. The monoisotopic (exact) mass is 305 g/mol. The van der Waals surface area contributed by atoms with E-state index in [1.165, 1.54) is 0 Å². The van der Waals surface area contributed by atoms with E-state index in [0.29, 0.717) is 11.8 Å². The maximum absolute atomic E-state index is 6.10. The van der Waals surface area contributed by atoms with Crippen LogP contribution >= 0.6 is 11.6 Å². The van der Waals surface area contributed by atoms with Crippen molar-refractivity contribution in [1.29, 1.82) is 0 Å². The van der Waals surface area contributed by atoms with Gasteiger partial charge in [0.05, 0.1) is 0 Å². The van der Waals surface area contributed by atoms with Gasteiger partial charge in [-0.05, 0) is 43.7 Å². The van der Waals surface area contributed by atoms with Gasteiger partial charge in [0.1, 0.15) is 5.75 Å². The fraction of sp³-hybridized carbons (Fsp3) is 0.375. The summed E-state index contributed by atoms with van der Waals surface area (Å²) in [5.41, 5.74) is 3.05. The van der Waals surface area contributed by atoms with E-state index in [1.807, 2.05) is 25.1 Å². The molecule has 1 aromatic carbocycles. The van der Waals surface area contributed by atoms with Gasteiger partial charge in [-0.1, -0.05) is 25.4 Å². The molecule has 0 fully saturated rings. The highest BCUT2D eigenvalue weighted by molar-refractivity contribution is 6.31. The van der Waals surface area contributed by atoms with Crippen molar-refractivity contribution in [3.05, 3.63) is 46.2 Å². The van der Waals surface area contributed by atoms with Crippen LogP contribution in [-0.4, -0.2) is 16.5 Å². The molecule has 1 N–H and O–H groups in total. The van der Waals surface area contributed by atoms with Gasteiger partial charge in [0.2, 0.25) is 0 Å². The lowest BCUT2D eigenvalue weighted by Gasteiger charge is -2.09. The number of nitrogens with zero attached hydrogens (tertiary/aromatic N) is 2. The van der Waals surface area contributed by atoms with E-state index < -0.39 is 0 Å². The van der Waals surface area contributed by atoms with Gasteiger partial charge in [-0.15, -0.1) is 0 Å². The van der Waals surface area contributed by atoms with Crippen LogP contribution in [0.15, 0.2) is 24.4 Å². The largest absolute Gasteiger partial charge is 0.424 e. The first-order valence-corrected chi connectivity index (χ1v) is 7.51. The predicted molar refractivity (Wildman–Crippen MR) is 85.1 cm³/mol. The van der Waals surface area contributed by atoms with Crippen LogP contribution in [0.25, 0.3) is 0 Å². The Labute approximate surface area is 130 Å². The lowest BCUT2D eigenvalue weighted by molar-refractivity contribution is 0.438. The van der Waals surface area contributed by atoms with E-state index in [1.54, 1.807) is 6.20 Å². The summed E-state index contributed by atoms with van der Waals surface area (Å²) in [4.78, 5) is 8.65. The van der Waals surface area contributed by atoms with Crippen LogP contribution in [0.4, 0.5) is 0 Å². The summed E-state index contributed by atoms with van der Waals surface area (Å²) in [5, 5.41) is 4.01. The van der Waals surface area contributed by atoms with Gasteiger partial charge in [-0.3, -0.25) is 0 Å². The SMILES string of the molecule is CCNCc1cnc(Oc2ccc(Cl)c(CC)c2)nc1C. The van der Waals surface area contributed by atoms with Crippen molar-refractivity contribution in [2.45, 2.75) is 33.7 Å². The molecule has 4 nitrogen and oxygen atoms in total. The molecule has 0 unspecified atom stereocenters. The van der Waals surface area contributed by atoms with Crippen molar-refractivity contribution in [3.8, 4) is 11.8 Å². The number of hydrogen-bond donors (Lipinski definition) is 1. The Balaban J connectivity index is 2.14. The molecule has 2 rings (SSSR count). The van der Waals surface area contributed by atoms with Crippen LogP contribution in [0.3, 0.4) is 0 Å². The Kier molecular flexibility index (Phi) is 5.53. The molecule has 21 heavy (non-hydrogen) atoms. The Morgan fingerprint density at radius 1 is 1.24 bits per heavy atom. The summed E-state index contributed by atoms with van der Waals surface area (Å²) in [6.45, 7) is 7.77. The molecule has 0 aliphatic carbocycles. The van der Waals surface area contributed by atoms with Crippen LogP contribution in [-0.2, 0) is 13.0 Å². The third kappa shape index (κ3) is 4.16. The van der Waals surface area contributed by atoms with Gasteiger partial charge in [-0.25, -0.2) is 4.98 Å². The predicted octanol–water partition coefficient (Wildman–Crippen LogP) is 3.90. The number of benzene rings is 1. The van der Waals surface area contributed by atoms with Gasteiger partial charge in [0, 0.05) is 29.0 Å². The average Bonchev–Trinajstić information content (AvgIpc) is 2.48. The van der Waals surface area contributed by atoms with Crippen molar-refractivity contribution in [2.75, 3.05) is 6.54 Å². The molecule has 0 amide bonds. The zero-order chi connectivity index (χ0) is 15.2. The van der Waals surface area contributed by atoms with Gasteiger partial charge in [-0.2, -0.15) is 4.98 Å². The van der Waals surface area contributed by atoms with Gasteiger partial charge in [0.15, 0.2) is 0 Å². The van der Waals surface area contributed by atoms with Crippen LogP contribution in [0.1, 0.15) is 30.7 Å². The van der Waals surface area contributed by atoms with Crippen LogP contribution in [0, 0.1) is 6.92 Å². The van der Waals surface area contributed by atoms with E-state index in [-0.39, 0.29) is 0 Å². The normalized spacial score (nSPS) is 10.7. The first kappa shape index (κ1) is 15.7. The zero-order valence-corrected chi connectivity index (χ0v) is 13.4. The minimum atomic E-state index is 0.358. The fourth-order valence-corrected chi connectivity index (χ4v) is 2.20. The Hall–Kier alpha value is -1.65. The molecule has 0 saturated heterocycles. The second kappa shape index (κ2) is 7.38. The molecule has 2 aromatic rings. The molecule has 1 heterocycles. The van der Waals surface area contributed by atoms with Crippen molar-refractivity contribution in [3.63, 3.8) is 0 Å².